The van der Waals surface area contributed by atoms with E-state index in [1.807, 2.05) is 38.4 Å². The first-order valence-corrected chi connectivity index (χ1v) is 8.63. The summed E-state index contributed by atoms with van der Waals surface area (Å²) in [6, 6.07) is 7.67. The van der Waals surface area contributed by atoms with Crippen LogP contribution in [0.15, 0.2) is 48.2 Å². The molecule has 1 aromatic rings. The summed E-state index contributed by atoms with van der Waals surface area (Å²) in [4.78, 5) is 25.3. The summed E-state index contributed by atoms with van der Waals surface area (Å²) >= 11 is 0. The number of amides is 1. The molecule has 0 bridgehead atoms. The van der Waals surface area contributed by atoms with E-state index < -0.39 is 0 Å². The van der Waals surface area contributed by atoms with Gasteiger partial charge in [-0.1, -0.05) is 24.8 Å². The van der Waals surface area contributed by atoms with E-state index in [4.69, 9.17) is 4.74 Å². The van der Waals surface area contributed by atoms with Crippen LogP contribution in [0, 0.1) is 0 Å². The molecule has 0 N–H and O–H groups in total. The zero-order chi connectivity index (χ0) is 18.0. The number of Topliss-reactive ketones (excluding diaryl/α,β-unsaturated/α-hetero) is 1. The fraction of sp³-hybridized carbons (Fsp3) is 0.400. The van der Waals surface area contributed by atoms with Gasteiger partial charge < -0.3 is 4.74 Å². The van der Waals surface area contributed by atoms with Crippen LogP contribution < -0.4 is 4.74 Å². The van der Waals surface area contributed by atoms with Crippen molar-refractivity contribution in [2.75, 3.05) is 20.7 Å². The van der Waals surface area contributed by atoms with Gasteiger partial charge in [0.25, 0.3) is 0 Å². The average molecular weight is 340 g/mol. The second-order valence-electron chi connectivity index (χ2n) is 6.62. The number of carbonyl (C=O) groups is 2. The van der Waals surface area contributed by atoms with E-state index in [0.717, 1.165) is 35.4 Å². The van der Waals surface area contributed by atoms with Crippen LogP contribution in [0.3, 0.4) is 0 Å². The standard InChI is InChI=1S/C20H24N2O3/c1-4-12-25-15-10-8-14(9-11-15)16-13-19(24)22(21(2)3)17-6-5-7-18(23)20(16)17/h4,8-11,16H,1,5-7,12-13H2,2-3H3. The van der Waals surface area contributed by atoms with E-state index in [1.54, 1.807) is 16.1 Å². The minimum atomic E-state index is -0.167. The summed E-state index contributed by atoms with van der Waals surface area (Å²) in [5.74, 6) is 0.790. The van der Waals surface area contributed by atoms with Gasteiger partial charge in [0.1, 0.15) is 12.4 Å². The van der Waals surface area contributed by atoms with Gasteiger partial charge in [-0.2, -0.15) is 0 Å². The van der Waals surface area contributed by atoms with E-state index in [1.165, 1.54) is 0 Å². The highest BCUT2D eigenvalue weighted by molar-refractivity contribution is 6.01. The van der Waals surface area contributed by atoms with Gasteiger partial charge in [0, 0.05) is 44.1 Å². The molecule has 1 unspecified atom stereocenters. The first-order valence-electron chi connectivity index (χ1n) is 8.63. The number of hydrogen-bond acceptors (Lipinski definition) is 4. The molecule has 1 aromatic carbocycles. The Kier molecular flexibility index (Phi) is 5.04. The molecule has 25 heavy (non-hydrogen) atoms. The predicted octanol–water partition coefficient (Wildman–Crippen LogP) is 3.05. The molecule has 0 spiro atoms. The molecule has 5 nitrogen and oxygen atoms in total. The highest BCUT2D eigenvalue weighted by Gasteiger charge is 2.39. The largest absolute Gasteiger partial charge is 0.490 e. The second-order valence-corrected chi connectivity index (χ2v) is 6.62. The minimum Gasteiger partial charge on any atom is -0.490 e. The van der Waals surface area contributed by atoms with Crippen LogP contribution in [0.5, 0.6) is 5.75 Å². The van der Waals surface area contributed by atoms with Crippen LogP contribution in [0.25, 0.3) is 0 Å². The quantitative estimate of drug-likeness (QED) is 0.773. The molecule has 1 amide bonds. The molecule has 1 atom stereocenters. The Morgan fingerprint density at radius 3 is 2.60 bits per heavy atom. The summed E-state index contributed by atoms with van der Waals surface area (Å²) in [6.45, 7) is 4.09. The fourth-order valence-electron chi connectivity index (χ4n) is 3.68. The van der Waals surface area contributed by atoms with Crippen LogP contribution in [-0.4, -0.2) is 42.4 Å². The summed E-state index contributed by atoms with van der Waals surface area (Å²) < 4.78 is 5.52. The minimum absolute atomic E-state index is 0.0374. The Morgan fingerprint density at radius 2 is 1.96 bits per heavy atom. The molecular formula is C20H24N2O3. The van der Waals surface area contributed by atoms with Gasteiger partial charge in [0.15, 0.2) is 5.78 Å². The van der Waals surface area contributed by atoms with E-state index in [9.17, 15) is 9.59 Å². The van der Waals surface area contributed by atoms with Crippen molar-refractivity contribution in [3.63, 3.8) is 0 Å². The number of ether oxygens (including phenoxy) is 1. The molecule has 1 heterocycles. The molecule has 0 fully saturated rings. The first-order chi connectivity index (χ1) is 12.0. The van der Waals surface area contributed by atoms with Crippen molar-refractivity contribution in [3.8, 4) is 5.75 Å². The smallest absolute Gasteiger partial charge is 0.242 e. The third kappa shape index (κ3) is 3.37. The van der Waals surface area contributed by atoms with E-state index in [2.05, 4.69) is 6.58 Å². The summed E-state index contributed by atoms with van der Waals surface area (Å²) in [6.07, 6.45) is 4.14. The monoisotopic (exact) mass is 340 g/mol. The number of ketones is 1. The van der Waals surface area contributed by atoms with Crippen molar-refractivity contribution in [3.05, 3.63) is 53.8 Å². The van der Waals surface area contributed by atoms with Crippen LogP contribution in [0.1, 0.15) is 37.2 Å². The summed E-state index contributed by atoms with van der Waals surface area (Å²) in [5, 5.41) is 3.45. The third-order valence-corrected chi connectivity index (χ3v) is 4.70. The zero-order valence-electron chi connectivity index (χ0n) is 14.8. The molecular weight excluding hydrogens is 316 g/mol. The van der Waals surface area contributed by atoms with E-state index in [-0.39, 0.29) is 17.6 Å². The van der Waals surface area contributed by atoms with Crippen LogP contribution in [-0.2, 0) is 9.59 Å². The van der Waals surface area contributed by atoms with Gasteiger partial charge in [-0.3, -0.25) is 9.59 Å². The van der Waals surface area contributed by atoms with Gasteiger partial charge in [-0.05, 0) is 30.5 Å². The lowest BCUT2D eigenvalue weighted by atomic mass is 9.77. The first kappa shape index (κ1) is 17.4. The lowest BCUT2D eigenvalue weighted by Crippen LogP contribution is -2.47. The van der Waals surface area contributed by atoms with E-state index in [0.29, 0.717) is 19.4 Å². The molecule has 2 aliphatic rings. The van der Waals surface area contributed by atoms with Crippen molar-refractivity contribution in [1.82, 2.24) is 10.0 Å². The lowest BCUT2D eigenvalue weighted by molar-refractivity contribution is -0.143. The molecule has 1 aliphatic heterocycles. The van der Waals surface area contributed by atoms with Crippen LogP contribution in [0.4, 0.5) is 0 Å². The Bertz CT molecular complexity index is 719. The lowest BCUT2D eigenvalue weighted by Gasteiger charge is -2.41. The summed E-state index contributed by atoms with van der Waals surface area (Å²) in [5.41, 5.74) is 2.66. The molecule has 132 valence electrons. The van der Waals surface area contributed by atoms with Gasteiger partial charge in [0.2, 0.25) is 5.91 Å². The van der Waals surface area contributed by atoms with Crippen LogP contribution in [0.2, 0.25) is 0 Å². The number of hydrogen-bond donors (Lipinski definition) is 0. The molecule has 0 aromatic heterocycles. The maximum Gasteiger partial charge on any atom is 0.242 e. The molecule has 0 saturated heterocycles. The number of benzene rings is 1. The van der Waals surface area contributed by atoms with Crippen molar-refractivity contribution in [2.45, 2.75) is 31.6 Å². The number of carbonyl (C=O) groups excluding carboxylic acids is 2. The second kappa shape index (κ2) is 7.23. The molecule has 5 heteroatoms. The Labute approximate surface area is 148 Å². The number of allylic oxidation sites excluding steroid dienone is 2. The van der Waals surface area contributed by atoms with Crippen molar-refractivity contribution in [1.29, 1.82) is 0 Å². The number of rotatable bonds is 5. The molecule has 3 rings (SSSR count). The van der Waals surface area contributed by atoms with Crippen molar-refractivity contribution in [2.24, 2.45) is 0 Å². The topological polar surface area (TPSA) is 49.9 Å². The normalized spacial score (nSPS) is 20.8. The molecule has 0 radical (unpaired) electrons. The maximum absolute atomic E-state index is 12.7. The number of hydrazine groups is 1. The SMILES string of the molecule is C=CCOc1ccc(C2CC(=O)N(N(C)C)C3=C2C(=O)CCC3)cc1. The van der Waals surface area contributed by atoms with E-state index >= 15 is 0 Å². The van der Waals surface area contributed by atoms with Crippen molar-refractivity contribution >= 4 is 11.7 Å². The van der Waals surface area contributed by atoms with Gasteiger partial charge >= 0.3 is 0 Å². The van der Waals surface area contributed by atoms with Gasteiger partial charge in [-0.15, -0.1) is 0 Å². The van der Waals surface area contributed by atoms with Crippen LogP contribution >= 0.6 is 0 Å². The fourth-order valence-corrected chi connectivity index (χ4v) is 3.68. The van der Waals surface area contributed by atoms with Gasteiger partial charge in [-0.25, -0.2) is 10.0 Å². The zero-order valence-corrected chi connectivity index (χ0v) is 14.8. The molecule has 0 saturated carbocycles. The molecule has 1 aliphatic carbocycles. The maximum atomic E-state index is 12.7. The Hall–Kier alpha value is -2.40. The van der Waals surface area contributed by atoms with Crippen molar-refractivity contribution < 1.29 is 14.3 Å². The van der Waals surface area contributed by atoms with Gasteiger partial charge in [0.05, 0.1) is 0 Å². The Morgan fingerprint density at radius 1 is 1.24 bits per heavy atom. The average Bonchev–Trinajstić information content (AvgIpc) is 2.59. The highest BCUT2D eigenvalue weighted by atomic mass is 16.5. The third-order valence-electron chi connectivity index (χ3n) is 4.70. The predicted molar refractivity (Wildman–Crippen MR) is 95.9 cm³/mol. The highest BCUT2D eigenvalue weighted by Crippen LogP contribution is 2.42. The number of nitrogens with zero attached hydrogens (tertiary/aromatic N) is 2. The Balaban J connectivity index is 1.97. The summed E-state index contributed by atoms with van der Waals surface area (Å²) in [7, 11) is 3.68.